The van der Waals surface area contributed by atoms with Crippen molar-refractivity contribution in [3.8, 4) is 0 Å². The van der Waals surface area contributed by atoms with E-state index < -0.39 is 0 Å². The Hall–Kier alpha value is -1.83. The predicted molar refractivity (Wildman–Crippen MR) is 84.2 cm³/mol. The van der Waals surface area contributed by atoms with Gasteiger partial charge in [0, 0.05) is 12.6 Å². The van der Waals surface area contributed by atoms with Gasteiger partial charge in [-0.1, -0.05) is 22.9 Å². The van der Waals surface area contributed by atoms with Gasteiger partial charge < -0.3 is 0 Å². The van der Waals surface area contributed by atoms with Crippen molar-refractivity contribution in [2.24, 2.45) is 0 Å². The molecule has 0 radical (unpaired) electrons. The first-order chi connectivity index (χ1) is 10.2. The van der Waals surface area contributed by atoms with E-state index in [4.69, 9.17) is 11.6 Å². The van der Waals surface area contributed by atoms with Crippen molar-refractivity contribution in [1.82, 2.24) is 15.2 Å². The van der Waals surface area contributed by atoms with Crippen LogP contribution in [-0.2, 0) is 6.42 Å². The summed E-state index contributed by atoms with van der Waals surface area (Å²) in [5, 5.41) is 16.6. The summed E-state index contributed by atoms with van der Waals surface area (Å²) in [5.74, 6) is -0.329. The lowest BCUT2D eigenvalue weighted by Gasteiger charge is -1.99. The van der Waals surface area contributed by atoms with E-state index in [1.807, 2.05) is 11.4 Å². The Morgan fingerprint density at radius 2 is 2.19 bits per heavy atom. The molecule has 1 N–H and O–H groups in total. The van der Waals surface area contributed by atoms with E-state index >= 15 is 0 Å². The van der Waals surface area contributed by atoms with Gasteiger partial charge in [0.1, 0.15) is 10.7 Å². The fourth-order valence-corrected chi connectivity index (χ4v) is 3.16. The van der Waals surface area contributed by atoms with Gasteiger partial charge >= 0.3 is 0 Å². The third-order valence-corrected chi connectivity index (χ3v) is 4.38. The van der Waals surface area contributed by atoms with Gasteiger partial charge in [0.2, 0.25) is 5.13 Å². The highest BCUT2D eigenvalue weighted by molar-refractivity contribution is 7.15. The number of pyridine rings is 1. The van der Waals surface area contributed by atoms with Crippen LogP contribution in [0.4, 0.5) is 5.13 Å². The Bertz CT molecular complexity index is 740. The van der Waals surface area contributed by atoms with Gasteiger partial charge in [0.25, 0.3) is 5.91 Å². The highest BCUT2D eigenvalue weighted by Crippen LogP contribution is 2.20. The molecule has 3 rings (SSSR count). The summed E-state index contributed by atoms with van der Waals surface area (Å²) in [4.78, 5) is 15.9. The Kier molecular flexibility index (Phi) is 4.23. The maximum atomic E-state index is 12.0. The van der Waals surface area contributed by atoms with E-state index in [1.165, 1.54) is 23.1 Å². The summed E-state index contributed by atoms with van der Waals surface area (Å²) in [6, 6.07) is 5.22. The van der Waals surface area contributed by atoms with Crippen LogP contribution < -0.4 is 5.32 Å². The van der Waals surface area contributed by atoms with E-state index in [-0.39, 0.29) is 11.6 Å². The molecule has 8 heteroatoms. The summed E-state index contributed by atoms with van der Waals surface area (Å²) in [6.07, 6.45) is 2.15. The fourth-order valence-electron chi connectivity index (χ4n) is 1.61. The van der Waals surface area contributed by atoms with Crippen molar-refractivity contribution in [2.75, 3.05) is 5.32 Å². The lowest BCUT2D eigenvalue weighted by Crippen LogP contribution is -2.13. The molecule has 1 amide bonds. The minimum absolute atomic E-state index is 0.286. The molecule has 3 aromatic rings. The van der Waals surface area contributed by atoms with Crippen LogP contribution in [0.2, 0.25) is 5.02 Å². The standard InChI is InChI=1S/C13H9ClN4OS2/c14-9-1-2-10(15-6-9)12(19)16-13-18-17-11(21-13)5-8-3-4-20-7-8/h1-4,6-7H,5H2,(H,16,18,19). The Morgan fingerprint density at radius 1 is 1.29 bits per heavy atom. The van der Waals surface area contributed by atoms with Gasteiger partial charge in [-0.15, -0.1) is 10.2 Å². The van der Waals surface area contributed by atoms with Crippen LogP contribution in [0, 0.1) is 0 Å². The summed E-state index contributed by atoms with van der Waals surface area (Å²) in [7, 11) is 0. The quantitative estimate of drug-likeness (QED) is 0.791. The van der Waals surface area contributed by atoms with E-state index in [0.29, 0.717) is 10.2 Å². The number of hydrogen-bond acceptors (Lipinski definition) is 6. The molecule has 0 saturated heterocycles. The van der Waals surface area contributed by atoms with Gasteiger partial charge in [-0.05, 0) is 34.5 Å². The van der Waals surface area contributed by atoms with Crippen LogP contribution in [0.15, 0.2) is 35.2 Å². The minimum atomic E-state index is -0.329. The van der Waals surface area contributed by atoms with Gasteiger partial charge in [-0.3, -0.25) is 10.1 Å². The van der Waals surface area contributed by atoms with Crippen molar-refractivity contribution in [1.29, 1.82) is 0 Å². The van der Waals surface area contributed by atoms with Gasteiger partial charge in [0.05, 0.1) is 5.02 Å². The summed E-state index contributed by atoms with van der Waals surface area (Å²) < 4.78 is 0. The van der Waals surface area contributed by atoms with Crippen molar-refractivity contribution in [3.63, 3.8) is 0 Å². The highest BCUT2D eigenvalue weighted by Gasteiger charge is 2.11. The molecule has 0 atom stereocenters. The van der Waals surface area contributed by atoms with Gasteiger partial charge in [-0.2, -0.15) is 11.3 Å². The van der Waals surface area contributed by atoms with Crippen LogP contribution in [0.5, 0.6) is 0 Å². The summed E-state index contributed by atoms with van der Waals surface area (Å²) in [6.45, 7) is 0. The number of nitrogens with zero attached hydrogens (tertiary/aromatic N) is 3. The van der Waals surface area contributed by atoms with E-state index in [1.54, 1.807) is 23.5 Å². The number of carbonyl (C=O) groups is 1. The molecule has 0 saturated carbocycles. The number of aromatic nitrogens is 3. The number of rotatable bonds is 4. The van der Waals surface area contributed by atoms with Crippen LogP contribution in [0.25, 0.3) is 0 Å². The Labute approximate surface area is 133 Å². The Balaban J connectivity index is 1.66. The minimum Gasteiger partial charge on any atom is -0.295 e. The molecular formula is C13H9ClN4OS2. The van der Waals surface area contributed by atoms with Crippen LogP contribution in [-0.4, -0.2) is 21.1 Å². The highest BCUT2D eigenvalue weighted by atomic mass is 35.5. The molecule has 106 valence electrons. The molecule has 0 aliphatic heterocycles. The average molecular weight is 337 g/mol. The molecule has 3 heterocycles. The molecule has 0 fully saturated rings. The maximum absolute atomic E-state index is 12.0. The first-order valence-electron chi connectivity index (χ1n) is 5.97. The van der Waals surface area contributed by atoms with E-state index in [2.05, 4.69) is 25.9 Å². The second kappa shape index (κ2) is 6.30. The molecule has 3 aromatic heterocycles. The molecular weight excluding hydrogens is 328 g/mol. The van der Waals surface area contributed by atoms with Crippen molar-refractivity contribution < 1.29 is 4.79 Å². The summed E-state index contributed by atoms with van der Waals surface area (Å²) >= 11 is 8.73. The predicted octanol–water partition coefficient (Wildman–Crippen LogP) is 3.49. The lowest BCUT2D eigenvalue weighted by molar-refractivity contribution is 0.102. The molecule has 0 aromatic carbocycles. The zero-order valence-electron chi connectivity index (χ0n) is 10.6. The second-order valence-corrected chi connectivity index (χ2v) is 6.40. The number of carbonyl (C=O) groups excluding carboxylic acids is 1. The molecule has 0 aliphatic carbocycles. The van der Waals surface area contributed by atoms with Crippen molar-refractivity contribution in [2.45, 2.75) is 6.42 Å². The summed E-state index contributed by atoms with van der Waals surface area (Å²) in [5.41, 5.74) is 1.47. The molecule has 0 unspecified atom stereocenters. The van der Waals surface area contributed by atoms with Gasteiger partial charge in [0.15, 0.2) is 0 Å². The third kappa shape index (κ3) is 3.63. The van der Waals surface area contributed by atoms with Gasteiger partial charge in [-0.25, -0.2) is 4.98 Å². The van der Waals surface area contributed by atoms with E-state index in [0.717, 1.165) is 11.4 Å². The average Bonchev–Trinajstić information content (AvgIpc) is 3.12. The van der Waals surface area contributed by atoms with Crippen LogP contribution >= 0.6 is 34.3 Å². The first kappa shape index (κ1) is 14.1. The topological polar surface area (TPSA) is 67.8 Å². The third-order valence-electron chi connectivity index (χ3n) is 2.58. The monoisotopic (exact) mass is 336 g/mol. The number of hydrogen-bond donors (Lipinski definition) is 1. The number of anilines is 1. The number of amides is 1. The molecule has 0 aliphatic rings. The smallest absolute Gasteiger partial charge is 0.276 e. The number of nitrogens with one attached hydrogen (secondary N) is 1. The largest absolute Gasteiger partial charge is 0.295 e. The fraction of sp³-hybridized carbons (Fsp3) is 0.0769. The molecule has 21 heavy (non-hydrogen) atoms. The number of thiophene rings is 1. The van der Waals surface area contributed by atoms with Crippen molar-refractivity contribution in [3.05, 3.63) is 56.4 Å². The SMILES string of the molecule is O=C(Nc1nnc(Cc2ccsc2)s1)c1ccc(Cl)cn1. The molecule has 5 nitrogen and oxygen atoms in total. The van der Waals surface area contributed by atoms with Crippen molar-refractivity contribution >= 4 is 45.3 Å². The molecule has 0 bridgehead atoms. The first-order valence-corrected chi connectivity index (χ1v) is 8.11. The normalized spacial score (nSPS) is 10.5. The van der Waals surface area contributed by atoms with Crippen LogP contribution in [0.1, 0.15) is 21.1 Å². The number of halogens is 1. The Morgan fingerprint density at radius 3 is 2.90 bits per heavy atom. The van der Waals surface area contributed by atoms with Crippen LogP contribution in [0.3, 0.4) is 0 Å². The maximum Gasteiger partial charge on any atom is 0.276 e. The van der Waals surface area contributed by atoms with E-state index in [9.17, 15) is 4.79 Å². The lowest BCUT2D eigenvalue weighted by atomic mass is 10.3. The second-order valence-electron chi connectivity index (χ2n) is 4.13. The zero-order valence-corrected chi connectivity index (χ0v) is 13.0. The molecule has 0 spiro atoms. The zero-order chi connectivity index (χ0) is 14.7.